The van der Waals surface area contributed by atoms with Crippen LogP contribution in [0.15, 0.2) is 60.8 Å². The summed E-state index contributed by atoms with van der Waals surface area (Å²) < 4.78 is 14.5. The highest BCUT2D eigenvalue weighted by Crippen LogP contribution is 2.37. The molecule has 1 heterocycles. The average molecular weight is 410 g/mol. The number of nitrogens with zero attached hydrogens (tertiary/aromatic N) is 1. The van der Waals surface area contributed by atoms with Crippen molar-refractivity contribution in [2.24, 2.45) is 0 Å². The van der Waals surface area contributed by atoms with E-state index in [-0.39, 0.29) is 0 Å². The molecule has 0 fully saturated rings. The van der Waals surface area contributed by atoms with Crippen molar-refractivity contribution in [2.45, 2.75) is 85.7 Å². The first kappa shape index (κ1) is 25.8. The van der Waals surface area contributed by atoms with Gasteiger partial charge < -0.3 is 0 Å². The molecule has 164 valence electrons. The average Bonchev–Trinajstić information content (AvgIpc) is 2.80. The van der Waals surface area contributed by atoms with E-state index < -0.39 is 11.6 Å². The summed E-state index contributed by atoms with van der Waals surface area (Å²) in [6.45, 7) is 14.3. The standard InChI is InChI=1S/C21H22FN.C5H12.C2H6/c1-4-20(22)21(2,3)18-12-8-7-11-17(18)19-13-15-9-5-6-10-16(15)14-23-19;1-3-5-4-2;1-2/h5-14,20H,4H2,1-3H3;3-5H2,1-2H3;1-2H3/t20-;;/m1../s1. The van der Waals surface area contributed by atoms with Gasteiger partial charge in [0.1, 0.15) is 6.17 Å². The minimum Gasteiger partial charge on any atom is -0.256 e. The van der Waals surface area contributed by atoms with E-state index in [2.05, 4.69) is 37.0 Å². The van der Waals surface area contributed by atoms with Crippen LogP contribution in [0.2, 0.25) is 0 Å². The lowest BCUT2D eigenvalue weighted by molar-refractivity contribution is 0.209. The zero-order valence-electron chi connectivity index (χ0n) is 20.0. The highest BCUT2D eigenvalue weighted by molar-refractivity contribution is 5.85. The smallest absolute Gasteiger partial charge is 0.109 e. The van der Waals surface area contributed by atoms with E-state index in [1.807, 2.05) is 77.2 Å². The Morgan fingerprint density at radius 3 is 2.00 bits per heavy atom. The van der Waals surface area contributed by atoms with Crippen molar-refractivity contribution in [3.63, 3.8) is 0 Å². The first-order valence-corrected chi connectivity index (χ1v) is 11.5. The molecule has 0 saturated heterocycles. The Bertz CT molecular complexity index is 867. The van der Waals surface area contributed by atoms with Gasteiger partial charge in [0.15, 0.2) is 0 Å². The number of hydrogen-bond acceptors (Lipinski definition) is 1. The van der Waals surface area contributed by atoms with E-state index in [4.69, 9.17) is 0 Å². The van der Waals surface area contributed by atoms with Crippen molar-refractivity contribution in [2.75, 3.05) is 0 Å². The number of benzene rings is 2. The van der Waals surface area contributed by atoms with Crippen LogP contribution < -0.4 is 0 Å². The van der Waals surface area contributed by atoms with Gasteiger partial charge in [0.25, 0.3) is 0 Å². The summed E-state index contributed by atoms with van der Waals surface area (Å²) in [7, 11) is 0. The van der Waals surface area contributed by atoms with Crippen molar-refractivity contribution in [1.29, 1.82) is 0 Å². The summed E-state index contributed by atoms with van der Waals surface area (Å²) in [6.07, 6.45) is 5.59. The molecule has 1 nitrogen and oxygen atoms in total. The van der Waals surface area contributed by atoms with Gasteiger partial charge in [-0.1, -0.05) is 116 Å². The lowest BCUT2D eigenvalue weighted by atomic mass is 9.76. The minimum atomic E-state index is -0.885. The molecule has 0 amide bonds. The summed E-state index contributed by atoms with van der Waals surface area (Å²) in [5, 5.41) is 2.27. The van der Waals surface area contributed by atoms with Gasteiger partial charge in [-0.05, 0) is 23.4 Å². The lowest BCUT2D eigenvalue weighted by Crippen LogP contribution is -2.30. The predicted molar refractivity (Wildman–Crippen MR) is 132 cm³/mol. The van der Waals surface area contributed by atoms with E-state index in [1.165, 1.54) is 19.3 Å². The summed E-state index contributed by atoms with van der Waals surface area (Å²) in [5.41, 5.74) is 2.38. The fourth-order valence-electron chi connectivity index (χ4n) is 3.53. The van der Waals surface area contributed by atoms with Crippen LogP contribution in [0.25, 0.3) is 22.0 Å². The molecule has 2 heteroatoms. The largest absolute Gasteiger partial charge is 0.256 e. The van der Waals surface area contributed by atoms with Gasteiger partial charge in [-0.2, -0.15) is 0 Å². The number of aromatic nitrogens is 1. The lowest BCUT2D eigenvalue weighted by Gasteiger charge is -2.30. The maximum atomic E-state index is 14.5. The van der Waals surface area contributed by atoms with E-state index in [0.717, 1.165) is 27.6 Å². The van der Waals surface area contributed by atoms with Crippen molar-refractivity contribution in [3.05, 3.63) is 66.4 Å². The molecular weight excluding hydrogens is 369 g/mol. The molecule has 0 bridgehead atoms. The fraction of sp³-hybridized carbons (Fsp3) is 0.464. The summed E-state index contributed by atoms with van der Waals surface area (Å²) in [4.78, 5) is 4.61. The molecule has 0 aliphatic carbocycles. The van der Waals surface area contributed by atoms with Gasteiger partial charge in [0, 0.05) is 22.6 Å². The number of rotatable bonds is 6. The molecule has 0 aliphatic rings. The van der Waals surface area contributed by atoms with Crippen LogP contribution in [0.5, 0.6) is 0 Å². The van der Waals surface area contributed by atoms with Crippen molar-refractivity contribution in [1.82, 2.24) is 4.98 Å². The topological polar surface area (TPSA) is 12.9 Å². The van der Waals surface area contributed by atoms with Crippen LogP contribution in [-0.4, -0.2) is 11.2 Å². The van der Waals surface area contributed by atoms with E-state index >= 15 is 0 Å². The first-order chi connectivity index (χ1) is 14.5. The Labute approximate surface area is 183 Å². The predicted octanol–water partition coefficient (Wildman–Crippen LogP) is 9.15. The van der Waals surface area contributed by atoms with Gasteiger partial charge in [0.05, 0.1) is 5.69 Å². The molecule has 0 spiro atoms. The number of alkyl halides is 1. The number of pyridine rings is 1. The van der Waals surface area contributed by atoms with Crippen LogP contribution in [-0.2, 0) is 5.41 Å². The summed E-state index contributed by atoms with van der Waals surface area (Å²) in [5.74, 6) is 0. The Balaban J connectivity index is 0.000000565. The second-order valence-electron chi connectivity index (χ2n) is 7.91. The van der Waals surface area contributed by atoms with Gasteiger partial charge in [-0.3, -0.25) is 4.98 Å². The molecule has 0 N–H and O–H groups in total. The Morgan fingerprint density at radius 1 is 0.867 bits per heavy atom. The van der Waals surface area contributed by atoms with Gasteiger partial charge >= 0.3 is 0 Å². The van der Waals surface area contributed by atoms with E-state index in [0.29, 0.717) is 6.42 Å². The van der Waals surface area contributed by atoms with E-state index in [9.17, 15) is 4.39 Å². The monoisotopic (exact) mass is 409 g/mol. The normalized spacial score (nSPS) is 11.7. The molecule has 3 aromatic rings. The fourth-order valence-corrected chi connectivity index (χ4v) is 3.53. The van der Waals surface area contributed by atoms with Crippen molar-refractivity contribution in [3.8, 4) is 11.3 Å². The molecule has 30 heavy (non-hydrogen) atoms. The quantitative estimate of drug-likeness (QED) is 0.395. The highest BCUT2D eigenvalue weighted by Gasteiger charge is 2.32. The summed E-state index contributed by atoms with van der Waals surface area (Å²) in [6, 6.07) is 18.3. The van der Waals surface area contributed by atoms with Gasteiger partial charge in [-0.15, -0.1) is 0 Å². The Kier molecular flexibility index (Phi) is 11.3. The second-order valence-corrected chi connectivity index (χ2v) is 7.91. The highest BCUT2D eigenvalue weighted by atomic mass is 19.1. The molecule has 2 aromatic carbocycles. The van der Waals surface area contributed by atoms with Gasteiger partial charge in [-0.25, -0.2) is 4.39 Å². The van der Waals surface area contributed by atoms with Gasteiger partial charge in [0.2, 0.25) is 0 Å². The molecular formula is C28H40FN. The molecule has 0 unspecified atom stereocenters. The Morgan fingerprint density at radius 2 is 1.43 bits per heavy atom. The maximum absolute atomic E-state index is 14.5. The number of halogens is 1. The molecule has 0 aliphatic heterocycles. The third-order valence-electron chi connectivity index (χ3n) is 5.38. The van der Waals surface area contributed by atoms with Crippen LogP contribution in [0, 0.1) is 0 Å². The first-order valence-electron chi connectivity index (χ1n) is 11.5. The third kappa shape index (κ3) is 6.65. The van der Waals surface area contributed by atoms with Crippen molar-refractivity contribution < 1.29 is 4.39 Å². The number of hydrogen-bond donors (Lipinski definition) is 0. The zero-order chi connectivity index (χ0) is 22.6. The van der Waals surface area contributed by atoms with Crippen LogP contribution in [0.4, 0.5) is 4.39 Å². The third-order valence-corrected chi connectivity index (χ3v) is 5.38. The SMILES string of the molecule is CC.CCCCC.CC[C@@H](F)C(C)(C)c1ccccc1-c1cc2ccccc2cn1. The minimum absolute atomic E-state index is 0.506. The zero-order valence-corrected chi connectivity index (χ0v) is 20.0. The molecule has 1 aromatic heterocycles. The van der Waals surface area contributed by atoms with Crippen LogP contribution >= 0.6 is 0 Å². The van der Waals surface area contributed by atoms with Crippen LogP contribution in [0.1, 0.15) is 79.7 Å². The Hall–Kier alpha value is -2.22. The van der Waals surface area contributed by atoms with Crippen LogP contribution in [0.3, 0.4) is 0 Å². The number of fused-ring (bicyclic) bond motifs is 1. The second kappa shape index (κ2) is 13.2. The molecule has 1 atom stereocenters. The molecule has 0 saturated carbocycles. The maximum Gasteiger partial charge on any atom is 0.109 e. The summed E-state index contributed by atoms with van der Waals surface area (Å²) >= 11 is 0. The molecule has 0 radical (unpaired) electrons. The van der Waals surface area contributed by atoms with E-state index in [1.54, 1.807) is 0 Å². The van der Waals surface area contributed by atoms with Crippen molar-refractivity contribution >= 4 is 10.8 Å². The number of unbranched alkanes of at least 4 members (excludes halogenated alkanes) is 2. The molecule has 3 rings (SSSR count).